The van der Waals surface area contributed by atoms with E-state index in [1.807, 2.05) is 0 Å². The summed E-state index contributed by atoms with van der Waals surface area (Å²) in [6.07, 6.45) is 5.62. The maximum absolute atomic E-state index is 12.7. The van der Waals surface area contributed by atoms with Gasteiger partial charge in [0, 0.05) is 25.2 Å². The van der Waals surface area contributed by atoms with Crippen LogP contribution in [0.5, 0.6) is 0 Å². The Kier molecular flexibility index (Phi) is 4.85. The van der Waals surface area contributed by atoms with Crippen molar-refractivity contribution < 1.29 is 4.79 Å². The Morgan fingerprint density at radius 3 is 2.63 bits per heavy atom. The first-order valence-corrected chi connectivity index (χ1v) is 7.71. The van der Waals surface area contributed by atoms with Crippen LogP contribution in [0.4, 0.5) is 0 Å². The molecule has 4 heteroatoms. The number of carbonyl (C=O) groups excluding carboxylic acids is 1. The number of hydrogen-bond donors (Lipinski definition) is 1. The molecule has 2 N–H and O–H groups in total. The SMILES string of the molecule is CC1CCCC(C(=O)N2CCCC(N(C)C)C2)C1N. The van der Waals surface area contributed by atoms with Gasteiger partial charge in [-0.2, -0.15) is 0 Å². The molecule has 0 aromatic carbocycles. The number of carbonyl (C=O) groups is 1. The number of amides is 1. The molecule has 1 saturated heterocycles. The molecule has 2 aliphatic rings. The second-order valence-electron chi connectivity index (χ2n) is 6.64. The molecule has 1 saturated carbocycles. The lowest BCUT2D eigenvalue weighted by Gasteiger charge is -2.40. The van der Waals surface area contributed by atoms with E-state index in [-0.39, 0.29) is 12.0 Å². The van der Waals surface area contributed by atoms with Crippen molar-refractivity contribution in [2.45, 2.75) is 51.1 Å². The lowest BCUT2D eigenvalue weighted by molar-refractivity contribution is -0.139. The summed E-state index contributed by atoms with van der Waals surface area (Å²) >= 11 is 0. The molecule has 1 aliphatic heterocycles. The van der Waals surface area contributed by atoms with Crippen LogP contribution in [-0.4, -0.2) is 55.0 Å². The van der Waals surface area contributed by atoms with Gasteiger partial charge in [0.1, 0.15) is 0 Å². The number of nitrogens with zero attached hydrogens (tertiary/aromatic N) is 2. The second-order valence-corrected chi connectivity index (χ2v) is 6.64. The lowest BCUT2D eigenvalue weighted by Crippen LogP contribution is -2.53. The summed E-state index contributed by atoms with van der Waals surface area (Å²) in [5.74, 6) is 0.854. The molecule has 19 heavy (non-hydrogen) atoms. The molecular weight excluding hydrogens is 238 g/mol. The second kappa shape index (κ2) is 6.23. The number of hydrogen-bond acceptors (Lipinski definition) is 3. The van der Waals surface area contributed by atoms with Crippen LogP contribution in [0.1, 0.15) is 39.0 Å². The van der Waals surface area contributed by atoms with E-state index in [9.17, 15) is 4.79 Å². The van der Waals surface area contributed by atoms with E-state index in [1.165, 1.54) is 12.8 Å². The minimum Gasteiger partial charge on any atom is -0.341 e. The Balaban J connectivity index is 1.98. The summed E-state index contributed by atoms with van der Waals surface area (Å²) in [4.78, 5) is 17.0. The highest BCUT2D eigenvalue weighted by atomic mass is 16.2. The topological polar surface area (TPSA) is 49.6 Å². The van der Waals surface area contributed by atoms with E-state index in [0.717, 1.165) is 32.4 Å². The largest absolute Gasteiger partial charge is 0.341 e. The molecule has 4 atom stereocenters. The first-order valence-electron chi connectivity index (χ1n) is 7.71. The van der Waals surface area contributed by atoms with Gasteiger partial charge in [-0.3, -0.25) is 4.79 Å². The third-order valence-electron chi connectivity index (χ3n) is 5.05. The van der Waals surface area contributed by atoms with Crippen LogP contribution in [0.3, 0.4) is 0 Å². The first kappa shape index (κ1) is 14.8. The van der Waals surface area contributed by atoms with E-state index in [1.54, 1.807) is 0 Å². The molecule has 1 amide bonds. The number of likely N-dealkylation sites (tertiary alicyclic amines) is 1. The van der Waals surface area contributed by atoms with Crippen LogP contribution in [0.25, 0.3) is 0 Å². The zero-order valence-corrected chi connectivity index (χ0v) is 12.6. The van der Waals surface area contributed by atoms with E-state index >= 15 is 0 Å². The van der Waals surface area contributed by atoms with Gasteiger partial charge in [-0.05, 0) is 45.7 Å². The van der Waals surface area contributed by atoms with Crippen molar-refractivity contribution in [2.24, 2.45) is 17.6 Å². The highest BCUT2D eigenvalue weighted by Gasteiger charge is 2.36. The molecule has 2 fully saturated rings. The van der Waals surface area contributed by atoms with Crippen molar-refractivity contribution in [2.75, 3.05) is 27.2 Å². The van der Waals surface area contributed by atoms with Gasteiger partial charge in [0.25, 0.3) is 0 Å². The number of piperidine rings is 1. The Hall–Kier alpha value is -0.610. The van der Waals surface area contributed by atoms with Crippen molar-refractivity contribution in [1.29, 1.82) is 0 Å². The van der Waals surface area contributed by atoms with Crippen LogP contribution >= 0.6 is 0 Å². The molecule has 4 unspecified atom stereocenters. The van der Waals surface area contributed by atoms with E-state index in [4.69, 9.17) is 5.73 Å². The van der Waals surface area contributed by atoms with Crippen LogP contribution in [0, 0.1) is 11.8 Å². The predicted molar refractivity (Wildman–Crippen MR) is 77.8 cm³/mol. The average molecular weight is 267 g/mol. The zero-order chi connectivity index (χ0) is 14.0. The van der Waals surface area contributed by atoms with E-state index in [2.05, 4.69) is 30.8 Å². The Morgan fingerprint density at radius 1 is 1.21 bits per heavy atom. The fourth-order valence-corrected chi connectivity index (χ4v) is 3.54. The summed E-state index contributed by atoms with van der Waals surface area (Å²) in [5, 5.41) is 0. The summed E-state index contributed by atoms with van der Waals surface area (Å²) in [7, 11) is 4.21. The molecule has 0 bridgehead atoms. The molecule has 0 spiro atoms. The number of nitrogens with two attached hydrogens (primary N) is 1. The Labute approximate surface area is 117 Å². The van der Waals surface area contributed by atoms with Gasteiger partial charge in [0.2, 0.25) is 5.91 Å². The van der Waals surface area contributed by atoms with E-state index < -0.39 is 0 Å². The van der Waals surface area contributed by atoms with Gasteiger partial charge < -0.3 is 15.5 Å². The summed E-state index contributed by atoms with van der Waals surface area (Å²) in [5.41, 5.74) is 6.27. The maximum atomic E-state index is 12.7. The fourth-order valence-electron chi connectivity index (χ4n) is 3.54. The minimum absolute atomic E-state index is 0.0565. The first-order chi connectivity index (χ1) is 9.00. The summed E-state index contributed by atoms with van der Waals surface area (Å²) < 4.78 is 0. The van der Waals surface area contributed by atoms with Gasteiger partial charge in [-0.1, -0.05) is 13.3 Å². The van der Waals surface area contributed by atoms with Gasteiger partial charge in [-0.15, -0.1) is 0 Å². The van der Waals surface area contributed by atoms with E-state index in [0.29, 0.717) is 17.9 Å². The normalized spacial score (nSPS) is 36.6. The summed E-state index contributed by atoms with van der Waals surface area (Å²) in [6.45, 7) is 3.98. The highest BCUT2D eigenvalue weighted by Crippen LogP contribution is 2.30. The minimum atomic E-state index is 0.0565. The molecule has 4 nitrogen and oxygen atoms in total. The molecule has 1 heterocycles. The third kappa shape index (κ3) is 3.29. The predicted octanol–water partition coefficient (Wildman–Crippen LogP) is 1.30. The average Bonchev–Trinajstić information content (AvgIpc) is 2.41. The monoisotopic (exact) mass is 267 g/mol. The van der Waals surface area contributed by atoms with Crippen molar-refractivity contribution in [3.63, 3.8) is 0 Å². The highest BCUT2D eigenvalue weighted by molar-refractivity contribution is 5.80. The lowest BCUT2D eigenvalue weighted by atomic mass is 9.77. The fraction of sp³-hybridized carbons (Fsp3) is 0.933. The van der Waals surface area contributed by atoms with Crippen LogP contribution < -0.4 is 5.73 Å². The van der Waals surface area contributed by atoms with Crippen molar-refractivity contribution in [3.8, 4) is 0 Å². The Morgan fingerprint density at radius 2 is 1.95 bits per heavy atom. The smallest absolute Gasteiger partial charge is 0.227 e. The van der Waals surface area contributed by atoms with Gasteiger partial charge in [0.15, 0.2) is 0 Å². The maximum Gasteiger partial charge on any atom is 0.227 e. The van der Waals surface area contributed by atoms with Crippen LogP contribution in [-0.2, 0) is 4.79 Å². The van der Waals surface area contributed by atoms with Gasteiger partial charge in [-0.25, -0.2) is 0 Å². The molecule has 1 aliphatic carbocycles. The van der Waals surface area contributed by atoms with Crippen LogP contribution in [0.2, 0.25) is 0 Å². The standard InChI is InChI=1S/C15H29N3O/c1-11-6-4-8-13(14(11)16)15(19)18-9-5-7-12(10-18)17(2)3/h11-14H,4-10,16H2,1-3H3. The number of likely N-dealkylation sites (N-methyl/N-ethyl adjacent to an activating group) is 1. The molecule has 2 rings (SSSR count). The van der Waals surface area contributed by atoms with Crippen molar-refractivity contribution >= 4 is 5.91 Å². The zero-order valence-electron chi connectivity index (χ0n) is 12.6. The van der Waals surface area contributed by atoms with Crippen molar-refractivity contribution in [3.05, 3.63) is 0 Å². The van der Waals surface area contributed by atoms with Gasteiger partial charge in [0.05, 0.1) is 5.92 Å². The number of rotatable bonds is 2. The van der Waals surface area contributed by atoms with Crippen LogP contribution in [0.15, 0.2) is 0 Å². The Bertz CT molecular complexity index is 319. The molecule has 110 valence electrons. The molecule has 0 aromatic heterocycles. The van der Waals surface area contributed by atoms with Gasteiger partial charge >= 0.3 is 0 Å². The molecular formula is C15H29N3O. The van der Waals surface area contributed by atoms with Crippen molar-refractivity contribution in [1.82, 2.24) is 9.80 Å². The molecule has 0 radical (unpaired) electrons. The third-order valence-corrected chi connectivity index (χ3v) is 5.05. The quantitative estimate of drug-likeness (QED) is 0.820. The molecule has 0 aromatic rings. The summed E-state index contributed by atoms with van der Waals surface area (Å²) in [6, 6.07) is 0.566.